The van der Waals surface area contributed by atoms with Crippen LogP contribution >= 0.6 is 0 Å². The summed E-state index contributed by atoms with van der Waals surface area (Å²) in [5, 5.41) is 0. The summed E-state index contributed by atoms with van der Waals surface area (Å²) in [6.07, 6.45) is 8.34. The maximum atomic E-state index is 4.62. The van der Waals surface area contributed by atoms with Crippen molar-refractivity contribution in [3.8, 4) is 0 Å². The van der Waals surface area contributed by atoms with E-state index in [-0.39, 0.29) is 0 Å². The number of fused-ring (bicyclic) bond motifs is 1. The summed E-state index contributed by atoms with van der Waals surface area (Å²) in [5.41, 5.74) is 2.40. The van der Waals surface area contributed by atoms with Gasteiger partial charge in [-0.3, -0.25) is 9.30 Å². The Morgan fingerprint density at radius 2 is 2.08 bits per heavy atom. The van der Waals surface area contributed by atoms with E-state index in [9.17, 15) is 0 Å². The third-order valence-electron chi connectivity index (χ3n) is 4.84. The van der Waals surface area contributed by atoms with Crippen molar-refractivity contribution in [1.82, 2.24) is 19.3 Å². The Kier molecular flexibility index (Phi) is 4.17. The zero-order valence-corrected chi connectivity index (χ0v) is 14.0. The lowest BCUT2D eigenvalue weighted by molar-refractivity contribution is 0.206. The molecule has 4 rings (SSSR count). The van der Waals surface area contributed by atoms with E-state index in [1.54, 1.807) is 6.20 Å². The van der Waals surface area contributed by atoms with Gasteiger partial charge in [0.25, 0.3) is 0 Å². The topological polar surface area (TPSA) is 36.7 Å². The van der Waals surface area contributed by atoms with Gasteiger partial charge in [0.1, 0.15) is 0 Å². The molecule has 1 aliphatic rings. The zero-order chi connectivity index (χ0) is 16.4. The quantitative estimate of drug-likeness (QED) is 0.740. The van der Waals surface area contributed by atoms with E-state index in [0.29, 0.717) is 6.04 Å². The van der Waals surface area contributed by atoms with Crippen LogP contribution in [0.1, 0.15) is 18.5 Å². The van der Waals surface area contributed by atoms with Gasteiger partial charge in [-0.25, -0.2) is 9.97 Å². The third-order valence-corrected chi connectivity index (χ3v) is 4.84. The van der Waals surface area contributed by atoms with Gasteiger partial charge in [0.15, 0.2) is 0 Å². The summed E-state index contributed by atoms with van der Waals surface area (Å²) in [5.74, 6) is 0.774. The lowest BCUT2D eigenvalue weighted by Gasteiger charge is -2.38. The maximum Gasteiger partial charge on any atom is 0.233 e. The number of rotatable bonds is 4. The second-order valence-electron chi connectivity index (χ2n) is 6.55. The number of imidazole rings is 1. The van der Waals surface area contributed by atoms with E-state index in [4.69, 9.17) is 0 Å². The highest BCUT2D eigenvalue weighted by Crippen LogP contribution is 2.22. The fourth-order valence-corrected chi connectivity index (χ4v) is 3.53. The van der Waals surface area contributed by atoms with Gasteiger partial charge < -0.3 is 4.90 Å². The number of benzene rings is 1. The van der Waals surface area contributed by atoms with Crippen molar-refractivity contribution >= 4 is 11.5 Å². The first-order valence-electron chi connectivity index (χ1n) is 8.58. The molecule has 0 aliphatic carbocycles. The highest BCUT2D eigenvalue weighted by molar-refractivity contribution is 5.46. The average molecular weight is 321 g/mol. The third kappa shape index (κ3) is 3.12. The number of para-hydroxylation sites is 1. The predicted molar refractivity (Wildman–Crippen MR) is 96.1 cm³/mol. The molecule has 0 spiro atoms. The largest absolute Gasteiger partial charge is 0.370 e. The molecule has 124 valence electrons. The normalized spacial score (nSPS) is 18.4. The molecule has 1 atom stereocenters. The molecule has 1 aromatic carbocycles. The van der Waals surface area contributed by atoms with Gasteiger partial charge in [-0.1, -0.05) is 18.2 Å². The molecule has 0 amide bonds. The SMILES string of the molecule is CN(Cc1cn2cccnc2n1)C1CCCN(c2ccccc2)C1. The summed E-state index contributed by atoms with van der Waals surface area (Å²) in [6, 6.07) is 13.2. The van der Waals surface area contributed by atoms with Gasteiger partial charge in [0.2, 0.25) is 5.78 Å². The molecule has 1 unspecified atom stereocenters. The number of hydrogen-bond acceptors (Lipinski definition) is 4. The molecule has 1 aliphatic heterocycles. The van der Waals surface area contributed by atoms with Crippen LogP contribution < -0.4 is 4.90 Å². The van der Waals surface area contributed by atoms with Crippen LogP contribution in [0.15, 0.2) is 55.0 Å². The number of hydrogen-bond donors (Lipinski definition) is 0. The van der Waals surface area contributed by atoms with Crippen LogP contribution in [0.25, 0.3) is 5.78 Å². The lowest BCUT2D eigenvalue weighted by Crippen LogP contribution is -2.46. The summed E-state index contributed by atoms with van der Waals surface area (Å²) >= 11 is 0. The van der Waals surface area contributed by atoms with Gasteiger partial charge in [0, 0.05) is 50.0 Å². The fraction of sp³-hybridized carbons (Fsp3) is 0.368. The highest BCUT2D eigenvalue weighted by atomic mass is 15.2. The number of likely N-dealkylation sites (N-methyl/N-ethyl adjacent to an activating group) is 1. The molecule has 24 heavy (non-hydrogen) atoms. The van der Waals surface area contributed by atoms with E-state index >= 15 is 0 Å². The minimum absolute atomic E-state index is 0.553. The Labute approximate surface area is 142 Å². The Bertz CT molecular complexity index is 765. The molecule has 3 aromatic rings. The second kappa shape index (κ2) is 6.61. The predicted octanol–water partition coefficient (Wildman–Crippen LogP) is 2.83. The minimum Gasteiger partial charge on any atom is -0.370 e. The number of aromatic nitrogens is 3. The van der Waals surface area contributed by atoms with Gasteiger partial charge in [-0.15, -0.1) is 0 Å². The van der Waals surface area contributed by atoms with E-state index < -0.39 is 0 Å². The van der Waals surface area contributed by atoms with Crippen LogP contribution in [-0.2, 0) is 6.54 Å². The molecule has 0 radical (unpaired) electrons. The van der Waals surface area contributed by atoms with E-state index in [1.165, 1.54) is 18.5 Å². The Hall–Kier alpha value is -2.40. The summed E-state index contributed by atoms with van der Waals surface area (Å²) in [6.45, 7) is 3.08. The number of nitrogens with zero attached hydrogens (tertiary/aromatic N) is 5. The molecule has 1 fully saturated rings. The van der Waals surface area contributed by atoms with Crippen molar-refractivity contribution in [2.75, 3.05) is 25.0 Å². The van der Waals surface area contributed by atoms with Gasteiger partial charge >= 0.3 is 0 Å². The van der Waals surface area contributed by atoms with Crippen molar-refractivity contribution < 1.29 is 0 Å². The smallest absolute Gasteiger partial charge is 0.233 e. The molecular weight excluding hydrogens is 298 g/mol. The Morgan fingerprint density at radius 3 is 2.92 bits per heavy atom. The Balaban J connectivity index is 1.44. The summed E-state index contributed by atoms with van der Waals surface area (Å²) in [7, 11) is 2.20. The Morgan fingerprint density at radius 1 is 1.21 bits per heavy atom. The van der Waals surface area contributed by atoms with Gasteiger partial charge in [0.05, 0.1) is 5.69 Å². The van der Waals surface area contributed by atoms with Crippen LogP contribution in [-0.4, -0.2) is 45.4 Å². The van der Waals surface area contributed by atoms with Crippen LogP contribution in [0.5, 0.6) is 0 Å². The van der Waals surface area contributed by atoms with Crippen LogP contribution in [0.4, 0.5) is 5.69 Å². The maximum absolute atomic E-state index is 4.62. The standard InChI is InChI=1S/C19H23N5/c1-22(13-16-14-24-12-6-10-20-19(24)21-16)18-9-5-11-23(15-18)17-7-3-2-4-8-17/h2-4,6-8,10,12,14,18H,5,9,11,13,15H2,1H3. The van der Waals surface area contributed by atoms with Crippen molar-refractivity contribution in [2.24, 2.45) is 0 Å². The molecule has 5 heteroatoms. The average Bonchev–Trinajstić information content (AvgIpc) is 3.05. The number of anilines is 1. The van der Waals surface area contributed by atoms with E-state index in [2.05, 4.69) is 63.3 Å². The van der Waals surface area contributed by atoms with Crippen LogP contribution in [0, 0.1) is 0 Å². The first-order chi connectivity index (χ1) is 11.8. The molecule has 2 aromatic heterocycles. The molecule has 3 heterocycles. The molecule has 0 bridgehead atoms. The molecule has 0 N–H and O–H groups in total. The highest BCUT2D eigenvalue weighted by Gasteiger charge is 2.23. The molecule has 0 saturated carbocycles. The van der Waals surface area contributed by atoms with Crippen LogP contribution in [0.3, 0.4) is 0 Å². The zero-order valence-electron chi connectivity index (χ0n) is 14.0. The number of piperidine rings is 1. The van der Waals surface area contributed by atoms with Crippen molar-refractivity contribution in [3.63, 3.8) is 0 Å². The monoisotopic (exact) mass is 321 g/mol. The van der Waals surface area contributed by atoms with E-state index in [0.717, 1.165) is 31.1 Å². The molecule has 1 saturated heterocycles. The summed E-state index contributed by atoms with van der Waals surface area (Å²) < 4.78 is 1.99. The van der Waals surface area contributed by atoms with Crippen molar-refractivity contribution in [1.29, 1.82) is 0 Å². The van der Waals surface area contributed by atoms with Gasteiger partial charge in [-0.2, -0.15) is 0 Å². The minimum atomic E-state index is 0.553. The first-order valence-corrected chi connectivity index (χ1v) is 8.58. The van der Waals surface area contributed by atoms with Crippen molar-refractivity contribution in [3.05, 3.63) is 60.7 Å². The lowest BCUT2D eigenvalue weighted by atomic mass is 10.0. The van der Waals surface area contributed by atoms with Gasteiger partial charge in [-0.05, 0) is 38.1 Å². The second-order valence-corrected chi connectivity index (χ2v) is 6.55. The summed E-state index contributed by atoms with van der Waals surface area (Å²) in [4.78, 5) is 13.8. The van der Waals surface area contributed by atoms with E-state index in [1.807, 2.05) is 16.7 Å². The van der Waals surface area contributed by atoms with Crippen LogP contribution in [0.2, 0.25) is 0 Å². The molecular formula is C19H23N5. The fourth-order valence-electron chi connectivity index (χ4n) is 3.53. The van der Waals surface area contributed by atoms with Crippen molar-refractivity contribution in [2.45, 2.75) is 25.4 Å². The first kappa shape index (κ1) is 15.1. The molecule has 5 nitrogen and oxygen atoms in total.